The predicted molar refractivity (Wildman–Crippen MR) is 82.3 cm³/mol. The summed E-state index contributed by atoms with van der Waals surface area (Å²) < 4.78 is 95.6. The summed E-state index contributed by atoms with van der Waals surface area (Å²) in [4.78, 5) is 2.23. The molecule has 1 aromatic carbocycles. The molecule has 0 aliphatic heterocycles. The number of pyridine rings is 1. The van der Waals surface area contributed by atoms with Crippen LogP contribution in [-0.4, -0.2) is 29.9 Å². The lowest BCUT2D eigenvalue weighted by molar-refractivity contribution is -0.0978. The standard InChI is InChI=1S/C16H9F5N2O4S/c17-15(18)4-10-11(27-9-3-8(5-22)6-23-7-9)1-2-12(13(10)14(15)24)28(25,26)16(19,20)21/h1-3,6-7,14,24H,4H2/t14-/m0/s1. The van der Waals surface area contributed by atoms with Gasteiger partial charge in [0.1, 0.15) is 23.7 Å². The summed E-state index contributed by atoms with van der Waals surface area (Å²) in [5, 5.41) is 18.6. The summed E-state index contributed by atoms with van der Waals surface area (Å²) in [6.45, 7) is 0. The van der Waals surface area contributed by atoms with E-state index in [4.69, 9.17) is 10.00 Å². The van der Waals surface area contributed by atoms with E-state index in [-0.39, 0.29) is 17.1 Å². The maximum absolute atomic E-state index is 14.0. The minimum absolute atomic E-state index is 0.0655. The Morgan fingerprint density at radius 1 is 1.29 bits per heavy atom. The third-order valence-corrected chi connectivity index (χ3v) is 5.57. The highest BCUT2D eigenvalue weighted by atomic mass is 32.2. The second kappa shape index (κ2) is 6.39. The quantitative estimate of drug-likeness (QED) is 0.765. The molecule has 0 radical (unpaired) electrons. The number of aliphatic hydroxyl groups excluding tert-OH is 1. The van der Waals surface area contributed by atoms with Crippen molar-refractivity contribution in [1.29, 1.82) is 5.26 Å². The Morgan fingerprint density at radius 3 is 2.57 bits per heavy atom. The molecule has 0 spiro atoms. The van der Waals surface area contributed by atoms with Crippen LogP contribution in [0.25, 0.3) is 0 Å². The number of alkyl halides is 5. The van der Waals surface area contributed by atoms with Gasteiger partial charge in [-0.1, -0.05) is 0 Å². The van der Waals surface area contributed by atoms with Gasteiger partial charge in [0.15, 0.2) is 0 Å². The summed E-state index contributed by atoms with van der Waals surface area (Å²) in [6.07, 6.45) is -1.68. The number of nitrogens with zero attached hydrogens (tertiary/aromatic N) is 2. The summed E-state index contributed by atoms with van der Waals surface area (Å²) in [6, 6.07) is 4.19. The molecule has 1 aliphatic rings. The zero-order valence-electron chi connectivity index (χ0n) is 13.5. The van der Waals surface area contributed by atoms with E-state index in [1.54, 1.807) is 6.07 Å². The lowest BCUT2D eigenvalue weighted by Gasteiger charge is -2.17. The fourth-order valence-electron chi connectivity index (χ4n) is 2.77. The molecule has 148 valence electrons. The van der Waals surface area contributed by atoms with Gasteiger partial charge in [-0.05, 0) is 12.1 Å². The molecule has 1 aromatic heterocycles. The average Bonchev–Trinajstić information content (AvgIpc) is 2.85. The van der Waals surface area contributed by atoms with Gasteiger partial charge in [0, 0.05) is 29.8 Å². The largest absolute Gasteiger partial charge is 0.501 e. The maximum atomic E-state index is 14.0. The van der Waals surface area contributed by atoms with E-state index in [1.165, 1.54) is 12.3 Å². The molecule has 0 bridgehead atoms. The van der Waals surface area contributed by atoms with Gasteiger partial charge < -0.3 is 9.84 Å². The van der Waals surface area contributed by atoms with Crippen molar-refractivity contribution >= 4 is 9.84 Å². The molecule has 0 saturated heterocycles. The molecule has 0 saturated carbocycles. The van der Waals surface area contributed by atoms with Crippen LogP contribution in [0.1, 0.15) is 22.8 Å². The van der Waals surface area contributed by atoms with Gasteiger partial charge >= 0.3 is 5.51 Å². The van der Waals surface area contributed by atoms with Crippen LogP contribution in [0.15, 0.2) is 35.5 Å². The predicted octanol–water partition coefficient (Wildman–Crippen LogP) is 3.26. The van der Waals surface area contributed by atoms with Gasteiger partial charge in [0.2, 0.25) is 0 Å². The first kappa shape index (κ1) is 20.0. The Kier molecular flexibility index (Phi) is 4.55. The normalized spacial score (nSPS) is 18.4. The number of ether oxygens (including phenoxy) is 1. The Balaban J connectivity index is 2.18. The molecular weight excluding hydrogens is 411 g/mol. The molecular formula is C16H9F5N2O4S. The van der Waals surface area contributed by atoms with E-state index in [0.717, 1.165) is 12.3 Å². The van der Waals surface area contributed by atoms with Crippen LogP contribution in [0.2, 0.25) is 0 Å². The van der Waals surface area contributed by atoms with Crippen molar-refractivity contribution in [3.63, 3.8) is 0 Å². The van der Waals surface area contributed by atoms with E-state index >= 15 is 0 Å². The SMILES string of the molecule is N#Cc1cncc(Oc2ccc(S(=O)(=O)C(F)(F)F)c3c2CC(F)(F)[C@H]3O)c1. The van der Waals surface area contributed by atoms with Crippen LogP contribution in [-0.2, 0) is 16.3 Å². The lowest BCUT2D eigenvalue weighted by Crippen LogP contribution is -2.26. The van der Waals surface area contributed by atoms with Crippen LogP contribution in [0.3, 0.4) is 0 Å². The molecule has 28 heavy (non-hydrogen) atoms. The highest BCUT2D eigenvalue weighted by molar-refractivity contribution is 7.92. The molecule has 0 amide bonds. The van der Waals surface area contributed by atoms with Gasteiger partial charge in [0.05, 0.1) is 16.7 Å². The molecule has 0 fully saturated rings. The van der Waals surface area contributed by atoms with E-state index in [1.807, 2.05) is 0 Å². The highest BCUT2D eigenvalue weighted by Gasteiger charge is 2.55. The van der Waals surface area contributed by atoms with Crippen LogP contribution in [0.4, 0.5) is 22.0 Å². The second-order valence-electron chi connectivity index (χ2n) is 5.87. The topological polar surface area (TPSA) is 100 Å². The summed E-state index contributed by atoms with van der Waals surface area (Å²) in [5.41, 5.74) is -7.32. The van der Waals surface area contributed by atoms with Crippen LogP contribution < -0.4 is 4.74 Å². The molecule has 12 heteroatoms. The van der Waals surface area contributed by atoms with Crippen LogP contribution in [0.5, 0.6) is 11.5 Å². The van der Waals surface area contributed by atoms with Gasteiger partial charge in [-0.25, -0.2) is 17.2 Å². The number of aliphatic hydroxyl groups is 1. The number of halogens is 5. The monoisotopic (exact) mass is 420 g/mol. The summed E-state index contributed by atoms with van der Waals surface area (Å²) in [5.74, 6) is -4.37. The minimum atomic E-state index is -5.99. The summed E-state index contributed by atoms with van der Waals surface area (Å²) >= 11 is 0. The lowest BCUT2D eigenvalue weighted by atomic mass is 10.1. The highest BCUT2D eigenvalue weighted by Crippen LogP contribution is 2.51. The van der Waals surface area contributed by atoms with Gasteiger partial charge in [0.25, 0.3) is 15.8 Å². The van der Waals surface area contributed by atoms with Crippen molar-refractivity contribution in [2.75, 3.05) is 0 Å². The van der Waals surface area contributed by atoms with E-state index in [2.05, 4.69) is 4.98 Å². The number of nitriles is 1. The van der Waals surface area contributed by atoms with E-state index < -0.39 is 49.8 Å². The molecule has 1 heterocycles. The fraction of sp³-hybridized carbons (Fsp3) is 0.250. The van der Waals surface area contributed by atoms with Crippen molar-refractivity contribution in [2.24, 2.45) is 0 Å². The Bertz CT molecular complexity index is 1090. The van der Waals surface area contributed by atoms with Crippen molar-refractivity contribution in [1.82, 2.24) is 4.98 Å². The average molecular weight is 420 g/mol. The number of rotatable bonds is 3. The second-order valence-corrected chi connectivity index (χ2v) is 7.78. The number of benzene rings is 1. The van der Waals surface area contributed by atoms with Crippen molar-refractivity contribution < 1.29 is 40.2 Å². The zero-order chi connectivity index (χ0) is 20.9. The molecule has 2 aromatic rings. The number of aromatic nitrogens is 1. The minimum Gasteiger partial charge on any atom is -0.455 e. The smallest absolute Gasteiger partial charge is 0.455 e. The number of fused-ring (bicyclic) bond motifs is 1. The molecule has 1 atom stereocenters. The van der Waals surface area contributed by atoms with Crippen molar-refractivity contribution in [3.05, 3.63) is 47.3 Å². The number of sulfone groups is 1. The van der Waals surface area contributed by atoms with Crippen molar-refractivity contribution in [3.8, 4) is 17.6 Å². The number of hydrogen-bond acceptors (Lipinski definition) is 6. The fourth-order valence-corrected chi connectivity index (χ4v) is 3.79. The first-order chi connectivity index (χ1) is 12.9. The third-order valence-electron chi connectivity index (χ3n) is 4.02. The molecule has 1 aliphatic carbocycles. The first-order valence-electron chi connectivity index (χ1n) is 7.44. The zero-order valence-corrected chi connectivity index (χ0v) is 14.4. The number of hydrogen-bond donors (Lipinski definition) is 1. The van der Waals surface area contributed by atoms with Gasteiger partial charge in [-0.3, -0.25) is 4.98 Å². The molecule has 0 unspecified atom stereocenters. The van der Waals surface area contributed by atoms with Gasteiger partial charge in [-0.15, -0.1) is 0 Å². The maximum Gasteiger partial charge on any atom is 0.501 e. The van der Waals surface area contributed by atoms with Crippen LogP contribution >= 0.6 is 0 Å². The third kappa shape index (κ3) is 3.16. The Morgan fingerprint density at radius 2 is 1.96 bits per heavy atom. The summed E-state index contributed by atoms with van der Waals surface area (Å²) in [7, 11) is -5.99. The Labute approximate surface area is 154 Å². The Hall–Kier alpha value is -2.78. The first-order valence-corrected chi connectivity index (χ1v) is 8.93. The van der Waals surface area contributed by atoms with Gasteiger partial charge in [-0.2, -0.15) is 18.4 Å². The van der Waals surface area contributed by atoms with E-state index in [9.17, 15) is 35.5 Å². The molecule has 1 N–H and O–H groups in total. The van der Waals surface area contributed by atoms with Crippen molar-refractivity contribution in [2.45, 2.75) is 28.9 Å². The molecule has 3 rings (SSSR count). The molecule has 6 nitrogen and oxygen atoms in total. The van der Waals surface area contributed by atoms with Crippen LogP contribution in [0, 0.1) is 11.3 Å². The van der Waals surface area contributed by atoms with E-state index in [0.29, 0.717) is 6.07 Å².